The third-order valence-corrected chi connectivity index (χ3v) is 4.06. The van der Waals surface area contributed by atoms with Crippen molar-refractivity contribution in [2.75, 3.05) is 19.7 Å². The Morgan fingerprint density at radius 2 is 1.91 bits per heavy atom. The highest BCUT2D eigenvalue weighted by Gasteiger charge is 2.18. The Morgan fingerprint density at radius 1 is 1.23 bits per heavy atom. The number of hydrogen-bond acceptors (Lipinski definition) is 3. The van der Waals surface area contributed by atoms with Gasteiger partial charge in [-0.25, -0.2) is 0 Å². The summed E-state index contributed by atoms with van der Waals surface area (Å²) in [6.45, 7) is 1.46. The number of halogens is 1. The van der Waals surface area contributed by atoms with E-state index in [1.165, 1.54) is 19.3 Å². The van der Waals surface area contributed by atoms with E-state index in [0.29, 0.717) is 25.8 Å². The highest BCUT2D eigenvalue weighted by atomic mass is 35.5. The van der Waals surface area contributed by atoms with Crippen LogP contribution in [0, 0.1) is 0 Å². The van der Waals surface area contributed by atoms with Crippen molar-refractivity contribution in [2.45, 2.75) is 44.1 Å². The molecule has 1 aliphatic rings. The van der Waals surface area contributed by atoms with Crippen LogP contribution in [0.15, 0.2) is 30.3 Å². The minimum Gasteiger partial charge on any atom is -0.376 e. The molecule has 0 aliphatic heterocycles. The van der Waals surface area contributed by atoms with Crippen molar-refractivity contribution in [2.24, 2.45) is 5.73 Å². The lowest BCUT2D eigenvalue weighted by Gasteiger charge is -2.22. The van der Waals surface area contributed by atoms with Crippen LogP contribution in [0.25, 0.3) is 0 Å². The number of rotatable bonds is 7. The number of carbonyl (C=O) groups is 1. The maximum atomic E-state index is 12.2. The second-order valence-electron chi connectivity index (χ2n) is 5.62. The van der Waals surface area contributed by atoms with E-state index in [-0.39, 0.29) is 24.2 Å². The standard InChI is InChI=1S/C17H26N2O2.ClH/c18-13-16(14-7-3-1-4-8-14)17(20)19-11-12-21-15-9-5-2-6-10-15;/h1,3-4,7-8,15-16H,2,5-6,9-13,18H2,(H,19,20);1H. The van der Waals surface area contributed by atoms with Crippen molar-refractivity contribution >= 4 is 18.3 Å². The predicted octanol–water partition coefficient (Wildman–Crippen LogP) is 2.62. The van der Waals surface area contributed by atoms with Crippen molar-refractivity contribution in [3.63, 3.8) is 0 Å². The summed E-state index contributed by atoms with van der Waals surface area (Å²) in [6, 6.07) is 9.67. The van der Waals surface area contributed by atoms with Gasteiger partial charge < -0.3 is 15.8 Å². The van der Waals surface area contributed by atoms with E-state index in [2.05, 4.69) is 5.32 Å². The molecule has 0 bridgehead atoms. The Hall–Kier alpha value is -1.10. The molecule has 0 aromatic heterocycles. The molecule has 1 aliphatic carbocycles. The van der Waals surface area contributed by atoms with Gasteiger partial charge >= 0.3 is 0 Å². The Balaban J connectivity index is 0.00000242. The number of nitrogens with one attached hydrogen (secondary N) is 1. The van der Waals surface area contributed by atoms with Crippen LogP contribution in [0.2, 0.25) is 0 Å². The van der Waals surface area contributed by atoms with E-state index < -0.39 is 0 Å². The summed E-state index contributed by atoms with van der Waals surface area (Å²) in [5.41, 5.74) is 6.70. The largest absolute Gasteiger partial charge is 0.376 e. The van der Waals surface area contributed by atoms with Gasteiger partial charge in [0.2, 0.25) is 5.91 Å². The number of hydrogen-bond donors (Lipinski definition) is 2. The molecule has 1 saturated carbocycles. The second kappa shape index (κ2) is 10.6. The molecule has 22 heavy (non-hydrogen) atoms. The zero-order valence-corrected chi connectivity index (χ0v) is 13.8. The molecule has 1 aromatic carbocycles. The lowest BCUT2D eigenvalue weighted by molar-refractivity contribution is -0.122. The summed E-state index contributed by atoms with van der Waals surface area (Å²) in [6.07, 6.45) is 6.55. The summed E-state index contributed by atoms with van der Waals surface area (Å²) in [5, 5.41) is 2.93. The SMILES string of the molecule is Cl.NCC(C(=O)NCCOC1CCCCC1)c1ccccc1. The summed E-state index contributed by atoms with van der Waals surface area (Å²) in [5.74, 6) is -0.295. The van der Waals surface area contributed by atoms with Crippen LogP contribution < -0.4 is 11.1 Å². The first kappa shape index (κ1) is 18.9. The van der Waals surface area contributed by atoms with Crippen molar-refractivity contribution in [3.8, 4) is 0 Å². The van der Waals surface area contributed by atoms with Gasteiger partial charge in [-0.15, -0.1) is 12.4 Å². The number of ether oxygens (including phenoxy) is 1. The molecule has 0 spiro atoms. The lowest BCUT2D eigenvalue weighted by atomic mass is 9.98. The number of carbonyl (C=O) groups excluding carboxylic acids is 1. The van der Waals surface area contributed by atoms with E-state index in [0.717, 1.165) is 18.4 Å². The van der Waals surface area contributed by atoms with Crippen molar-refractivity contribution < 1.29 is 9.53 Å². The van der Waals surface area contributed by atoms with Crippen LogP contribution in [0.5, 0.6) is 0 Å². The molecule has 0 heterocycles. The van der Waals surface area contributed by atoms with Gasteiger partial charge in [0.1, 0.15) is 0 Å². The Bertz CT molecular complexity index is 422. The van der Waals surface area contributed by atoms with Gasteiger partial charge in [-0.05, 0) is 18.4 Å². The van der Waals surface area contributed by atoms with Crippen LogP contribution in [-0.2, 0) is 9.53 Å². The molecule has 5 heteroatoms. The van der Waals surface area contributed by atoms with Crippen LogP contribution in [0.3, 0.4) is 0 Å². The smallest absolute Gasteiger partial charge is 0.228 e. The molecule has 1 unspecified atom stereocenters. The first-order chi connectivity index (χ1) is 10.3. The van der Waals surface area contributed by atoms with Crippen LogP contribution in [-0.4, -0.2) is 31.7 Å². The zero-order chi connectivity index (χ0) is 14.9. The van der Waals surface area contributed by atoms with Crippen molar-refractivity contribution in [1.29, 1.82) is 0 Å². The van der Waals surface area contributed by atoms with Gasteiger partial charge in [0.15, 0.2) is 0 Å². The molecule has 2 rings (SSSR count). The van der Waals surface area contributed by atoms with Gasteiger partial charge in [0.05, 0.1) is 18.6 Å². The fraction of sp³-hybridized carbons (Fsp3) is 0.588. The van der Waals surface area contributed by atoms with E-state index in [9.17, 15) is 4.79 Å². The van der Waals surface area contributed by atoms with Gasteiger partial charge in [-0.3, -0.25) is 4.79 Å². The molecule has 1 atom stereocenters. The van der Waals surface area contributed by atoms with E-state index in [1.54, 1.807) is 0 Å². The maximum absolute atomic E-state index is 12.2. The third-order valence-electron chi connectivity index (χ3n) is 4.06. The highest BCUT2D eigenvalue weighted by molar-refractivity contribution is 5.85. The van der Waals surface area contributed by atoms with Crippen LogP contribution >= 0.6 is 12.4 Å². The Kier molecular flexibility index (Phi) is 9.13. The van der Waals surface area contributed by atoms with Crippen molar-refractivity contribution in [1.82, 2.24) is 5.32 Å². The fourth-order valence-corrected chi connectivity index (χ4v) is 2.83. The van der Waals surface area contributed by atoms with Crippen LogP contribution in [0.1, 0.15) is 43.6 Å². The van der Waals surface area contributed by atoms with Gasteiger partial charge in [0.25, 0.3) is 0 Å². The predicted molar refractivity (Wildman–Crippen MR) is 91.3 cm³/mol. The molecule has 3 N–H and O–H groups in total. The van der Waals surface area contributed by atoms with Crippen LogP contribution in [0.4, 0.5) is 0 Å². The summed E-state index contributed by atoms with van der Waals surface area (Å²) in [7, 11) is 0. The summed E-state index contributed by atoms with van der Waals surface area (Å²) < 4.78 is 5.81. The average molecular weight is 327 g/mol. The normalized spacial score (nSPS) is 16.6. The zero-order valence-electron chi connectivity index (χ0n) is 13.0. The van der Waals surface area contributed by atoms with E-state index >= 15 is 0 Å². The topological polar surface area (TPSA) is 64.4 Å². The van der Waals surface area contributed by atoms with Gasteiger partial charge in [-0.1, -0.05) is 49.6 Å². The average Bonchev–Trinajstić information content (AvgIpc) is 2.54. The molecule has 4 nitrogen and oxygen atoms in total. The minimum atomic E-state index is -0.277. The summed E-state index contributed by atoms with van der Waals surface area (Å²) >= 11 is 0. The lowest BCUT2D eigenvalue weighted by Crippen LogP contribution is -2.36. The van der Waals surface area contributed by atoms with E-state index in [4.69, 9.17) is 10.5 Å². The first-order valence-corrected chi connectivity index (χ1v) is 7.95. The fourth-order valence-electron chi connectivity index (χ4n) is 2.83. The molecule has 0 radical (unpaired) electrons. The quantitative estimate of drug-likeness (QED) is 0.757. The number of benzene rings is 1. The first-order valence-electron chi connectivity index (χ1n) is 7.95. The molecular formula is C17H27ClN2O2. The molecule has 124 valence electrons. The molecular weight excluding hydrogens is 300 g/mol. The molecule has 0 saturated heterocycles. The molecule has 1 amide bonds. The summed E-state index contributed by atoms with van der Waals surface area (Å²) in [4.78, 5) is 12.2. The highest BCUT2D eigenvalue weighted by Crippen LogP contribution is 2.20. The van der Waals surface area contributed by atoms with Crippen molar-refractivity contribution in [3.05, 3.63) is 35.9 Å². The second-order valence-corrected chi connectivity index (χ2v) is 5.62. The Morgan fingerprint density at radius 3 is 2.55 bits per heavy atom. The third kappa shape index (κ3) is 5.95. The van der Waals surface area contributed by atoms with E-state index in [1.807, 2.05) is 30.3 Å². The maximum Gasteiger partial charge on any atom is 0.228 e. The number of nitrogens with two attached hydrogens (primary N) is 1. The monoisotopic (exact) mass is 326 g/mol. The minimum absolute atomic E-state index is 0. The molecule has 1 aromatic rings. The van der Waals surface area contributed by atoms with Gasteiger partial charge in [-0.2, -0.15) is 0 Å². The molecule has 1 fully saturated rings. The number of amides is 1. The Labute approximate surface area is 139 Å². The van der Waals surface area contributed by atoms with Gasteiger partial charge in [0, 0.05) is 13.1 Å².